The number of benzene rings is 2. The van der Waals surface area contributed by atoms with Gasteiger partial charge in [0.05, 0.1) is 34.9 Å². The molecule has 0 spiro atoms. The van der Waals surface area contributed by atoms with Gasteiger partial charge in [-0.05, 0) is 55.4 Å². The van der Waals surface area contributed by atoms with Crippen LogP contribution in [0.1, 0.15) is 56.6 Å². The number of aromatic amines is 1. The van der Waals surface area contributed by atoms with Crippen LogP contribution in [0.5, 0.6) is 0 Å². The zero-order valence-corrected chi connectivity index (χ0v) is 20.1. The molecule has 0 bridgehead atoms. The zero-order valence-electron chi connectivity index (χ0n) is 20.1. The lowest BCUT2D eigenvalue weighted by Crippen LogP contribution is -2.36. The van der Waals surface area contributed by atoms with Crippen molar-refractivity contribution in [2.75, 3.05) is 24.6 Å². The summed E-state index contributed by atoms with van der Waals surface area (Å²) in [5.41, 5.74) is 3.17. The van der Waals surface area contributed by atoms with E-state index in [-0.39, 0.29) is 23.7 Å². The van der Waals surface area contributed by atoms with Crippen LogP contribution in [-0.4, -0.2) is 44.3 Å². The first-order chi connectivity index (χ1) is 17.4. The first-order valence-corrected chi connectivity index (χ1v) is 12.8. The van der Waals surface area contributed by atoms with Crippen LogP contribution in [0.3, 0.4) is 0 Å². The number of aromatic nitrogens is 4. The first-order valence-electron chi connectivity index (χ1n) is 12.8. The highest BCUT2D eigenvalue weighted by molar-refractivity contribution is 5.99. The summed E-state index contributed by atoms with van der Waals surface area (Å²) < 4.78 is 45.3. The molecule has 36 heavy (non-hydrogen) atoms. The molecule has 0 atom stereocenters. The number of rotatable bonds is 4. The number of piperidine rings is 1. The molecule has 0 amide bonds. The first kappa shape index (κ1) is 23.3. The quantitative estimate of drug-likeness (QED) is 0.347. The average molecular weight is 498 g/mol. The van der Waals surface area contributed by atoms with Gasteiger partial charge in [-0.15, -0.1) is 0 Å². The molecule has 1 saturated carbocycles. The Balaban J connectivity index is 1.46. The number of H-pyrrole nitrogens is 1. The minimum atomic E-state index is -4.54. The third-order valence-corrected chi connectivity index (χ3v) is 8.03. The maximum Gasteiger partial charge on any atom is 0.420 e. The van der Waals surface area contributed by atoms with Gasteiger partial charge in [0.2, 0.25) is 0 Å². The van der Waals surface area contributed by atoms with Gasteiger partial charge in [-0.3, -0.25) is 0 Å². The number of hydrogen-bond donors (Lipinski definition) is 2. The van der Waals surface area contributed by atoms with Crippen molar-refractivity contribution in [1.29, 1.82) is 0 Å². The Morgan fingerprint density at radius 1 is 1.00 bits per heavy atom. The molecule has 190 valence electrons. The van der Waals surface area contributed by atoms with Crippen LogP contribution >= 0.6 is 0 Å². The Bertz CT molecular complexity index is 1380. The number of alkyl halides is 3. The van der Waals surface area contributed by atoms with Gasteiger partial charge in [0.25, 0.3) is 0 Å². The van der Waals surface area contributed by atoms with Gasteiger partial charge in [-0.25, -0.2) is 9.97 Å². The number of hydrogen-bond acceptors (Lipinski definition) is 4. The second kappa shape index (κ2) is 9.10. The topological polar surface area (TPSA) is 70.0 Å². The van der Waals surface area contributed by atoms with Crippen LogP contribution in [-0.2, 0) is 6.18 Å². The smallest absolute Gasteiger partial charge is 0.396 e. The Morgan fingerprint density at radius 3 is 2.50 bits per heavy atom. The molecule has 9 heteroatoms. The summed E-state index contributed by atoms with van der Waals surface area (Å²) in [7, 11) is 0. The second-order valence-electron chi connectivity index (χ2n) is 10.2. The highest BCUT2D eigenvalue weighted by Crippen LogP contribution is 2.45. The molecule has 0 radical (unpaired) electrons. The van der Waals surface area contributed by atoms with E-state index >= 15 is 0 Å². The van der Waals surface area contributed by atoms with Crippen molar-refractivity contribution >= 4 is 27.8 Å². The van der Waals surface area contributed by atoms with Gasteiger partial charge >= 0.3 is 6.18 Å². The fourth-order valence-electron chi connectivity index (χ4n) is 6.05. The van der Waals surface area contributed by atoms with E-state index in [4.69, 9.17) is 0 Å². The summed E-state index contributed by atoms with van der Waals surface area (Å²) in [5, 5.41) is 9.49. The van der Waals surface area contributed by atoms with Crippen LogP contribution in [0, 0.1) is 5.92 Å². The molecule has 0 unspecified atom stereocenters. The molecule has 6 rings (SSSR count). The van der Waals surface area contributed by atoms with Crippen LogP contribution in [0.15, 0.2) is 36.9 Å². The molecule has 2 aliphatic rings. The van der Waals surface area contributed by atoms with Crippen molar-refractivity contribution in [2.45, 2.75) is 57.2 Å². The third-order valence-electron chi connectivity index (χ3n) is 8.03. The molecular weight excluding hydrogens is 467 g/mol. The van der Waals surface area contributed by atoms with Gasteiger partial charge in [0, 0.05) is 31.3 Å². The standard InChI is InChI=1S/C27H30F3N5O/c28-27(29,30)24-23(34-10-8-17(14-36)9-11-34)13-20(25-26(24)32-15-31-25)18-6-7-22-21(12-18)33-16-35(22)19-4-2-1-3-5-19/h6-7,12-13,15-17,19,36H,1-5,8-11,14H2,(H,31,32). The number of imidazole rings is 2. The van der Waals surface area contributed by atoms with E-state index in [1.165, 1.54) is 25.6 Å². The summed E-state index contributed by atoms with van der Waals surface area (Å²) >= 11 is 0. The Kier molecular flexibility index (Phi) is 5.90. The Morgan fingerprint density at radius 2 is 1.78 bits per heavy atom. The molecule has 1 aliphatic heterocycles. The van der Waals surface area contributed by atoms with Crippen molar-refractivity contribution in [2.24, 2.45) is 5.92 Å². The molecule has 6 nitrogen and oxygen atoms in total. The lowest BCUT2D eigenvalue weighted by molar-refractivity contribution is -0.136. The normalized spacial score (nSPS) is 18.5. The molecular formula is C27H30F3N5O. The number of fused-ring (bicyclic) bond motifs is 2. The predicted molar refractivity (Wildman–Crippen MR) is 134 cm³/mol. The van der Waals surface area contributed by atoms with Crippen LogP contribution < -0.4 is 4.90 Å². The maximum absolute atomic E-state index is 14.3. The fraction of sp³-hybridized carbons (Fsp3) is 0.481. The van der Waals surface area contributed by atoms with Crippen molar-refractivity contribution < 1.29 is 18.3 Å². The lowest BCUT2D eigenvalue weighted by atomic mass is 9.94. The van der Waals surface area contributed by atoms with E-state index in [2.05, 4.69) is 19.5 Å². The molecule has 2 fully saturated rings. The van der Waals surface area contributed by atoms with Crippen molar-refractivity contribution in [3.8, 4) is 11.1 Å². The number of aliphatic hydroxyl groups excluding tert-OH is 1. The number of nitrogens with one attached hydrogen (secondary N) is 1. The Labute approximate surface area is 207 Å². The third kappa shape index (κ3) is 4.03. The average Bonchev–Trinajstić information content (AvgIpc) is 3.55. The SMILES string of the molecule is OCC1CCN(c2cc(-c3ccc4c(c3)ncn4C3CCCCC3)c3[nH]cnc3c2C(F)(F)F)CC1. The molecule has 3 heterocycles. The van der Waals surface area contributed by atoms with Crippen molar-refractivity contribution in [3.63, 3.8) is 0 Å². The Hall–Kier alpha value is -3.07. The monoisotopic (exact) mass is 497 g/mol. The van der Waals surface area contributed by atoms with E-state index in [9.17, 15) is 18.3 Å². The van der Waals surface area contributed by atoms with Gasteiger partial charge in [0.15, 0.2) is 0 Å². The van der Waals surface area contributed by atoms with Gasteiger partial charge in [0.1, 0.15) is 11.1 Å². The molecule has 1 aliphatic carbocycles. The van der Waals surface area contributed by atoms with Crippen LogP contribution in [0.25, 0.3) is 33.2 Å². The minimum Gasteiger partial charge on any atom is -0.396 e. The summed E-state index contributed by atoms with van der Waals surface area (Å²) in [6.07, 6.45) is 6.04. The van der Waals surface area contributed by atoms with Crippen LogP contribution in [0.2, 0.25) is 0 Å². The summed E-state index contributed by atoms with van der Waals surface area (Å²) in [4.78, 5) is 13.5. The molecule has 2 aromatic heterocycles. The van der Waals surface area contributed by atoms with Gasteiger partial charge < -0.3 is 19.6 Å². The van der Waals surface area contributed by atoms with Gasteiger partial charge in [-0.1, -0.05) is 25.3 Å². The summed E-state index contributed by atoms with van der Waals surface area (Å²) in [5.74, 6) is 0.130. The van der Waals surface area contributed by atoms with E-state index < -0.39 is 11.7 Å². The molecule has 4 aromatic rings. The summed E-state index contributed by atoms with van der Waals surface area (Å²) in [6.45, 7) is 1.00. The number of nitrogens with zero attached hydrogens (tertiary/aromatic N) is 4. The zero-order chi connectivity index (χ0) is 24.9. The predicted octanol–water partition coefficient (Wildman–Crippen LogP) is 6.31. The van der Waals surface area contributed by atoms with E-state index in [1.54, 1.807) is 11.0 Å². The number of halogens is 3. The van der Waals surface area contributed by atoms with Crippen LogP contribution in [0.4, 0.5) is 18.9 Å². The molecule has 2 aromatic carbocycles. The molecule has 1 saturated heterocycles. The van der Waals surface area contributed by atoms with Gasteiger partial charge in [-0.2, -0.15) is 13.2 Å². The highest BCUT2D eigenvalue weighted by atomic mass is 19.4. The minimum absolute atomic E-state index is 0.0629. The number of anilines is 1. The summed E-state index contributed by atoms with van der Waals surface area (Å²) in [6, 6.07) is 8.10. The van der Waals surface area contributed by atoms with Crippen molar-refractivity contribution in [1.82, 2.24) is 19.5 Å². The molecule has 2 N–H and O–H groups in total. The number of aliphatic hydroxyl groups is 1. The largest absolute Gasteiger partial charge is 0.420 e. The second-order valence-corrected chi connectivity index (χ2v) is 10.2. The van der Waals surface area contributed by atoms with Crippen molar-refractivity contribution in [3.05, 3.63) is 42.5 Å². The van der Waals surface area contributed by atoms with E-state index in [1.807, 2.05) is 24.5 Å². The van der Waals surface area contributed by atoms with E-state index in [0.717, 1.165) is 29.4 Å². The van der Waals surface area contributed by atoms with E-state index in [0.29, 0.717) is 43.1 Å². The fourth-order valence-corrected chi connectivity index (χ4v) is 6.05. The highest BCUT2D eigenvalue weighted by Gasteiger charge is 2.39. The maximum atomic E-state index is 14.3. The lowest BCUT2D eigenvalue weighted by Gasteiger charge is -2.34.